The summed E-state index contributed by atoms with van der Waals surface area (Å²) in [7, 11) is 0. The van der Waals surface area contributed by atoms with Gasteiger partial charge in [0.2, 0.25) is 0 Å². The summed E-state index contributed by atoms with van der Waals surface area (Å²) in [4.78, 5) is 33.7. The summed E-state index contributed by atoms with van der Waals surface area (Å²) in [5.41, 5.74) is 2.32. The van der Waals surface area contributed by atoms with Gasteiger partial charge < -0.3 is 10.2 Å². The smallest absolute Gasteiger partial charge is 0.256 e. The van der Waals surface area contributed by atoms with Crippen molar-refractivity contribution in [3.8, 4) is 6.07 Å². The summed E-state index contributed by atoms with van der Waals surface area (Å²) in [6.45, 7) is 8.37. The van der Waals surface area contributed by atoms with Crippen LogP contribution >= 0.6 is 0 Å². The lowest BCUT2D eigenvalue weighted by Crippen LogP contribution is -2.52. The van der Waals surface area contributed by atoms with Crippen LogP contribution in [-0.4, -0.2) is 58.8 Å². The molecule has 7 heteroatoms. The van der Waals surface area contributed by atoms with Crippen LogP contribution in [0.15, 0.2) is 42.7 Å². The first-order chi connectivity index (χ1) is 14.4. The zero-order chi connectivity index (χ0) is 21.7. The van der Waals surface area contributed by atoms with E-state index in [9.17, 15) is 14.9 Å². The second kappa shape index (κ2) is 9.51. The number of carbonyl (C=O) groups is 2. The minimum Gasteiger partial charge on any atom is -0.336 e. The molecular weight excluding hydrogens is 378 g/mol. The number of rotatable bonds is 5. The maximum absolute atomic E-state index is 13.3. The summed E-state index contributed by atoms with van der Waals surface area (Å²) < 4.78 is 0. The first-order valence-corrected chi connectivity index (χ1v) is 10.2. The monoisotopic (exact) mass is 405 g/mol. The van der Waals surface area contributed by atoms with Crippen LogP contribution in [0.2, 0.25) is 0 Å². The Kier molecular flexibility index (Phi) is 6.80. The topological polar surface area (TPSA) is 89.3 Å². The summed E-state index contributed by atoms with van der Waals surface area (Å²) in [5.74, 6) is -0.148. The summed E-state index contributed by atoms with van der Waals surface area (Å²) in [6.07, 6.45) is 3.12. The van der Waals surface area contributed by atoms with Gasteiger partial charge in [0.15, 0.2) is 0 Å². The molecule has 0 spiro atoms. The number of benzene rings is 1. The van der Waals surface area contributed by atoms with E-state index < -0.39 is 0 Å². The van der Waals surface area contributed by atoms with Gasteiger partial charge in [0, 0.05) is 44.1 Å². The average molecular weight is 406 g/mol. The quantitative estimate of drug-likeness (QED) is 0.826. The second-order valence-electron chi connectivity index (χ2n) is 7.83. The number of piperazine rings is 1. The van der Waals surface area contributed by atoms with E-state index in [4.69, 9.17) is 0 Å². The number of para-hydroxylation sites is 1. The molecule has 2 aromatic rings. The van der Waals surface area contributed by atoms with Crippen molar-refractivity contribution in [3.63, 3.8) is 0 Å². The number of nitriles is 1. The predicted molar refractivity (Wildman–Crippen MR) is 115 cm³/mol. The molecule has 2 heterocycles. The fourth-order valence-corrected chi connectivity index (χ4v) is 3.73. The maximum atomic E-state index is 13.3. The molecule has 3 rings (SSSR count). The Balaban J connectivity index is 1.75. The molecule has 7 nitrogen and oxygen atoms in total. The van der Waals surface area contributed by atoms with E-state index in [-0.39, 0.29) is 23.8 Å². The van der Waals surface area contributed by atoms with Crippen LogP contribution in [-0.2, 0) is 0 Å². The fourth-order valence-electron chi connectivity index (χ4n) is 3.73. The van der Waals surface area contributed by atoms with Crippen molar-refractivity contribution in [2.75, 3.05) is 31.5 Å². The van der Waals surface area contributed by atoms with Crippen molar-refractivity contribution in [3.05, 3.63) is 59.4 Å². The van der Waals surface area contributed by atoms with Crippen LogP contribution < -0.4 is 5.32 Å². The standard InChI is InChI=1S/C23H27N5O2/c1-16(2)20(15-24)27-11-13-28(14-12-27)23(30)19-6-4-5-17(3)21(19)26-22(29)18-7-9-25-10-8-18/h4-10,16,20H,11-14H2,1-3H3,(H,26,29). The highest BCUT2D eigenvalue weighted by molar-refractivity contribution is 6.09. The number of hydrogen-bond donors (Lipinski definition) is 1. The Labute approximate surface area is 177 Å². The van der Waals surface area contributed by atoms with E-state index >= 15 is 0 Å². The summed E-state index contributed by atoms with van der Waals surface area (Å²) in [5, 5.41) is 12.3. The molecule has 2 amide bonds. The Morgan fingerprint density at radius 1 is 1.10 bits per heavy atom. The molecule has 156 valence electrons. The highest BCUT2D eigenvalue weighted by Gasteiger charge is 2.29. The fraction of sp³-hybridized carbons (Fsp3) is 0.391. The van der Waals surface area contributed by atoms with Gasteiger partial charge in [0.1, 0.15) is 6.04 Å². The number of nitrogens with zero attached hydrogens (tertiary/aromatic N) is 4. The van der Waals surface area contributed by atoms with Crippen molar-refractivity contribution < 1.29 is 9.59 Å². The average Bonchev–Trinajstić information content (AvgIpc) is 2.76. The van der Waals surface area contributed by atoms with E-state index in [1.165, 1.54) is 0 Å². The number of anilines is 1. The lowest BCUT2D eigenvalue weighted by atomic mass is 10.0. The van der Waals surface area contributed by atoms with Crippen LogP contribution in [0.1, 0.15) is 40.1 Å². The van der Waals surface area contributed by atoms with Crippen LogP contribution in [0, 0.1) is 24.2 Å². The minimum atomic E-state index is -0.278. The molecule has 1 aliphatic rings. The Morgan fingerprint density at radius 2 is 1.77 bits per heavy atom. The van der Waals surface area contributed by atoms with Gasteiger partial charge in [-0.3, -0.25) is 19.5 Å². The van der Waals surface area contributed by atoms with E-state index in [1.807, 2.05) is 32.9 Å². The molecule has 1 aromatic carbocycles. The Morgan fingerprint density at radius 3 is 2.37 bits per heavy atom. The van der Waals surface area contributed by atoms with Crippen molar-refractivity contribution in [1.82, 2.24) is 14.8 Å². The van der Waals surface area contributed by atoms with Gasteiger partial charge in [-0.25, -0.2) is 0 Å². The summed E-state index contributed by atoms with van der Waals surface area (Å²) >= 11 is 0. The molecule has 1 N–H and O–H groups in total. The lowest BCUT2D eigenvalue weighted by molar-refractivity contribution is 0.0577. The SMILES string of the molecule is Cc1cccc(C(=O)N2CCN(C(C#N)C(C)C)CC2)c1NC(=O)c1ccncc1. The third-order valence-electron chi connectivity index (χ3n) is 5.44. The lowest BCUT2D eigenvalue weighted by Gasteiger charge is -2.38. The first kappa shape index (κ1) is 21.5. The van der Waals surface area contributed by atoms with E-state index in [0.717, 1.165) is 5.56 Å². The van der Waals surface area contributed by atoms with Crippen molar-refractivity contribution >= 4 is 17.5 Å². The van der Waals surface area contributed by atoms with Crippen LogP contribution in [0.4, 0.5) is 5.69 Å². The molecule has 1 fully saturated rings. The number of hydrogen-bond acceptors (Lipinski definition) is 5. The predicted octanol–water partition coefficient (Wildman–Crippen LogP) is 2.95. The number of aryl methyl sites for hydroxylation is 1. The number of pyridine rings is 1. The normalized spacial score (nSPS) is 15.5. The molecule has 0 saturated carbocycles. The van der Waals surface area contributed by atoms with Crippen molar-refractivity contribution in [2.24, 2.45) is 5.92 Å². The molecule has 1 aliphatic heterocycles. The van der Waals surface area contributed by atoms with Gasteiger partial charge in [0.25, 0.3) is 11.8 Å². The third-order valence-corrected chi connectivity index (χ3v) is 5.44. The highest BCUT2D eigenvalue weighted by Crippen LogP contribution is 2.24. The van der Waals surface area contributed by atoms with Gasteiger partial charge in [-0.15, -0.1) is 0 Å². The Bertz CT molecular complexity index is 944. The van der Waals surface area contributed by atoms with E-state index in [2.05, 4.69) is 21.3 Å². The second-order valence-corrected chi connectivity index (χ2v) is 7.83. The van der Waals surface area contributed by atoms with E-state index in [1.54, 1.807) is 35.5 Å². The molecule has 0 radical (unpaired) electrons. The first-order valence-electron chi connectivity index (χ1n) is 10.2. The zero-order valence-corrected chi connectivity index (χ0v) is 17.6. The maximum Gasteiger partial charge on any atom is 0.256 e. The van der Waals surface area contributed by atoms with Gasteiger partial charge in [-0.2, -0.15) is 5.26 Å². The molecular formula is C23H27N5O2. The van der Waals surface area contributed by atoms with Gasteiger partial charge in [-0.1, -0.05) is 26.0 Å². The molecule has 1 aromatic heterocycles. The van der Waals surface area contributed by atoms with Crippen LogP contribution in [0.25, 0.3) is 0 Å². The van der Waals surface area contributed by atoms with Crippen molar-refractivity contribution in [2.45, 2.75) is 26.8 Å². The van der Waals surface area contributed by atoms with Gasteiger partial charge in [-0.05, 0) is 36.6 Å². The van der Waals surface area contributed by atoms with Crippen LogP contribution in [0.5, 0.6) is 0 Å². The van der Waals surface area contributed by atoms with Crippen LogP contribution in [0.3, 0.4) is 0 Å². The van der Waals surface area contributed by atoms with E-state index in [0.29, 0.717) is 43.0 Å². The van der Waals surface area contributed by atoms with Gasteiger partial charge >= 0.3 is 0 Å². The summed E-state index contributed by atoms with van der Waals surface area (Å²) in [6, 6.07) is 10.9. The number of amides is 2. The molecule has 0 bridgehead atoms. The molecule has 1 saturated heterocycles. The minimum absolute atomic E-state index is 0.110. The number of carbonyl (C=O) groups excluding carboxylic acids is 2. The van der Waals surface area contributed by atoms with Crippen molar-refractivity contribution in [1.29, 1.82) is 5.26 Å². The molecule has 30 heavy (non-hydrogen) atoms. The molecule has 1 unspecified atom stereocenters. The highest BCUT2D eigenvalue weighted by atomic mass is 16.2. The largest absolute Gasteiger partial charge is 0.336 e. The number of nitrogens with one attached hydrogen (secondary N) is 1. The number of aromatic nitrogens is 1. The molecule has 0 aliphatic carbocycles. The van der Waals surface area contributed by atoms with Gasteiger partial charge in [0.05, 0.1) is 17.3 Å². The zero-order valence-electron chi connectivity index (χ0n) is 17.6. The Hall–Kier alpha value is -3.24. The third kappa shape index (κ3) is 4.66. The molecule has 1 atom stereocenters.